The summed E-state index contributed by atoms with van der Waals surface area (Å²) in [5.74, 6) is 0.731. The minimum Gasteiger partial charge on any atom is -0.372 e. The highest BCUT2D eigenvalue weighted by Crippen LogP contribution is 2.31. The van der Waals surface area contributed by atoms with Crippen LogP contribution in [0, 0.1) is 5.92 Å². The van der Waals surface area contributed by atoms with E-state index in [-0.39, 0.29) is 12.1 Å². The number of benzene rings is 1. The second kappa shape index (κ2) is 7.41. The van der Waals surface area contributed by atoms with Gasteiger partial charge in [0.2, 0.25) is 0 Å². The van der Waals surface area contributed by atoms with Gasteiger partial charge < -0.3 is 10.5 Å². The van der Waals surface area contributed by atoms with E-state index in [0.717, 1.165) is 23.4 Å². The first-order valence-electron chi connectivity index (χ1n) is 7.34. The normalized spacial score (nSPS) is 19.5. The number of halogens is 1. The summed E-state index contributed by atoms with van der Waals surface area (Å²) in [6.07, 6.45) is 6.26. The van der Waals surface area contributed by atoms with Crippen molar-refractivity contribution in [1.29, 1.82) is 0 Å². The Bertz CT molecular complexity index is 390. The quantitative estimate of drug-likeness (QED) is 0.839. The Kier molecular flexibility index (Phi) is 5.86. The van der Waals surface area contributed by atoms with Gasteiger partial charge in [0.05, 0.1) is 12.7 Å². The monoisotopic (exact) mass is 325 g/mol. The molecule has 0 bridgehead atoms. The highest BCUT2D eigenvalue weighted by atomic mass is 79.9. The fourth-order valence-corrected chi connectivity index (χ4v) is 3.29. The van der Waals surface area contributed by atoms with E-state index in [0.29, 0.717) is 0 Å². The maximum atomic E-state index is 6.26. The van der Waals surface area contributed by atoms with Crippen molar-refractivity contribution in [3.8, 4) is 0 Å². The molecule has 1 fully saturated rings. The Hall–Kier alpha value is -0.380. The predicted octanol–water partition coefficient (Wildman–Crippen LogP) is 4.43. The first-order chi connectivity index (χ1) is 9.22. The van der Waals surface area contributed by atoms with E-state index in [9.17, 15) is 0 Å². The maximum absolute atomic E-state index is 6.26. The molecule has 0 radical (unpaired) electrons. The molecule has 0 saturated heterocycles. The largest absolute Gasteiger partial charge is 0.372 e. The van der Waals surface area contributed by atoms with E-state index in [1.54, 1.807) is 0 Å². The highest BCUT2D eigenvalue weighted by Gasteiger charge is 2.24. The molecule has 0 heterocycles. The van der Waals surface area contributed by atoms with Crippen LogP contribution in [0.1, 0.15) is 50.7 Å². The number of ether oxygens (including phenoxy) is 1. The lowest BCUT2D eigenvalue weighted by Crippen LogP contribution is -2.31. The molecule has 0 spiro atoms. The third-order valence-corrected chi connectivity index (χ3v) is 4.78. The van der Waals surface area contributed by atoms with Gasteiger partial charge in [-0.3, -0.25) is 0 Å². The number of hydrogen-bond acceptors (Lipinski definition) is 2. The molecule has 2 nitrogen and oxygen atoms in total. The Balaban J connectivity index is 2.05. The number of nitrogens with two attached hydrogens (primary N) is 1. The lowest BCUT2D eigenvalue weighted by molar-refractivity contribution is 0.0123. The Morgan fingerprint density at radius 2 is 2.00 bits per heavy atom. The number of hydrogen-bond donors (Lipinski definition) is 1. The van der Waals surface area contributed by atoms with Gasteiger partial charge in [-0.1, -0.05) is 53.9 Å². The molecule has 2 atom stereocenters. The zero-order valence-electron chi connectivity index (χ0n) is 11.6. The molecule has 2 N–H and O–H groups in total. The van der Waals surface area contributed by atoms with E-state index in [1.165, 1.54) is 31.2 Å². The molecule has 0 amide bonds. The van der Waals surface area contributed by atoms with Gasteiger partial charge >= 0.3 is 0 Å². The molecule has 0 aromatic heterocycles. The van der Waals surface area contributed by atoms with Crippen LogP contribution in [-0.2, 0) is 4.74 Å². The summed E-state index contributed by atoms with van der Waals surface area (Å²) < 4.78 is 7.28. The van der Waals surface area contributed by atoms with Gasteiger partial charge in [0.1, 0.15) is 0 Å². The van der Waals surface area contributed by atoms with Crippen LogP contribution in [0.3, 0.4) is 0 Å². The fraction of sp³-hybridized carbons (Fsp3) is 0.625. The molecule has 106 valence electrons. The summed E-state index contributed by atoms with van der Waals surface area (Å²) in [5, 5.41) is 0. The molecule has 2 rings (SSSR count). The van der Waals surface area contributed by atoms with Gasteiger partial charge in [-0.2, -0.15) is 0 Å². The van der Waals surface area contributed by atoms with Crippen molar-refractivity contribution in [3.05, 3.63) is 34.3 Å². The molecule has 3 heteroatoms. The van der Waals surface area contributed by atoms with Crippen LogP contribution < -0.4 is 5.73 Å². The minimum absolute atomic E-state index is 0.00109. The number of rotatable bonds is 6. The molecular weight excluding hydrogens is 302 g/mol. The summed E-state index contributed by atoms with van der Waals surface area (Å²) in [6.45, 7) is 2.97. The third-order valence-electron chi connectivity index (χ3n) is 4.06. The maximum Gasteiger partial charge on any atom is 0.0986 e. The van der Waals surface area contributed by atoms with Crippen LogP contribution in [0.2, 0.25) is 0 Å². The molecular formula is C16H24BrNO. The fourth-order valence-electron chi connectivity index (χ4n) is 2.78. The van der Waals surface area contributed by atoms with E-state index in [2.05, 4.69) is 41.1 Å². The molecule has 1 aromatic rings. The van der Waals surface area contributed by atoms with Gasteiger partial charge in [-0.05, 0) is 36.8 Å². The van der Waals surface area contributed by atoms with Gasteiger partial charge in [0, 0.05) is 10.5 Å². The van der Waals surface area contributed by atoms with Crippen LogP contribution in [-0.4, -0.2) is 12.6 Å². The van der Waals surface area contributed by atoms with Gasteiger partial charge in [0.25, 0.3) is 0 Å². The smallest absolute Gasteiger partial charge is 0.0986 e. The average Bonchev–Trinajstić information content (AvgIpc) is 2.93. The van der Waals surface area contributed by atoms with E-state index >= 15 is 0 Å². The summed E-state index contributed by atoms with van der Waals surface area (Å²) in [4.78, 5) is 0. The molecule has 1 aromatic carbocycles. The molecule has 19 heavy (non-hydrogen) atoms. The second-order valence-corrected chi connectivity index (χ2v) is 6.35. The van der Waals surface area contributed by atoms with Crippen molar-refractivity contribution in [1.82, 2.24) is 0 Å². The van der Waals surface area contributed by atoms with Crippen molar-refractivity contribution in [3.63, 3.8) is 0 Å². The first kappa shape index (κ1) is 15.0. The van der Waals surface area contributed by atoms with Gasteiger partial charge in [-0.15, -0.1) is 0 Å². The highest BCUT2D eigenvalue weighted by molar-refractivity contribution is 9.10. The topological polar surface area (TPSA) is 35.2 Å². The van der Waals surface area contributed by atoms with Gasteiger partial charge in [0.15, 0.2) is 0 Å². The van der Waals surface area contributed by atoms with Crippen molar-refractivity contribution < 1.29 is 4.74 Å². The summed E-state index contributed by atoms with van der Waals surface area (Å²) in [7, 11) is 0. The average molecular weight is 326 g/mol. The predicted molar refractivity (Wildman–Crippen MR) is 83.1 cm³/mol. The van der Waals surface area contributed by atoms with Crippen LogP contribution in [0.15, 0.2) is 28.7 Å². The second-order valence-electron chi connectivity index (χ2n) is 5.50. The molecule has 1 aliphatic carbocycles. The van der Waals surface area contributed by atoms with Crippen molar-refractivity contribution in [2.45, 2.75) is 51.2 Å². The van der Waals surface area contributed by atoms with Crippen molar-refractivity contribution in [2.75, 3.05) is 6.61 Å². The zero-order chi connectivity index (χ0) is 13.7. The summed E-state index contributed by atoms with van der Waals surface area (Å²) >= 11 is 3.61. The van der Waals surface area contributed by atoms with E-state index < -0.39 is 0 Å². The summed E-state index contributed by atoms with van der Waals surface area (Å²) in [6, 6.07) is 8.30. The lowest BCUT2D eigenvalue weighted by atomic mass is 10.0. The summed E-state index contributed by atoms with van der Waals surface area (Å²) in [5.41, 5.74) is 7.43. The Morgan fingerprint density at radius 1 is 1.32 bits per heavy atom. The molecule has 1 aliphatic rings. The first-order valence-corrected chi connectivity index (χ1v) is 8.13. The zero-order valence-corrected chi connectivity index (χ0v) is 13.2. The minimum atomic E-state index is 0.00109. The SMILES string of the molecule is CCC(N)C(OCC1CCCC1)c1ccccc1Br. The standard InChI is InChI=1S/C16H24BrNO/c1-2-15(18)16(13-9-5-6-10-14(13)17)19-11-12-7-3-4-8-12/h5-6,9-10,12,15-16H,2-4,7-8,11,18H2,1H3. The lowest BCUT2D eigenvalue weighted by Gasteiger charge is -2.26. The molecule has 2 unspecified atom stereocenters. The van der Waals surface area contributed by atoms with Gasteiger partial charge in [-0.25, -0.2) is 0 Å². The van der Waals surface area contributed by atoms with E-state index in [1.807, 2.05) is 6.07 Å². The van der Waals surface area contributed by atoms with Crippen LogP contribution in [0.25, 0.3) is 0 Å². The Morgan fingerprint density at radius 3 is 2.63 bits per heavy atom. The van der Waals surface area contributed by atoms with Crippen LogP contribution in [0.4, 0.5) is 0 Å². The third kappa shape index (κ3) is 4.04. The van der Waals surface area contributed by atoms with Crippen LogP contribution in [0.5, 0.6) is 0 Å². The van der Waals surface area contributed by atoms with Crippen molar-refractivity contribution in [2.24, 2.45) is 11.7 Å². The molecule has 1 saturated carbocycles. The Labute approximate surface area is 124 Å². The van der Waals surface area contributed by atoms with Crippen molar-refractivity contribution >= 4 is 15.9 Å². The molecule has 0 aliphatic heterocycles. The van der Waals surface area contributed by atoms with Crippen LogP contribution >= 0.6 is 15.9 Å². The van der Waals surface area contributed by atoms with E-state index in [4.69, 9.17) is 10.5 Å².